The van der Waals surface area contributed by atoms with Crippen LogP contribution in [0.15, 0.2) is 41.1 Å². The van der Waals surface area contributed by atoms with E-state index in [1.54, 1.807) is 0 Å². The van der Waals surface area contributed by atoms with Crippen molar-refractivity contribution in [3.63, 3.8) is 0 Å². The summed E-state index contributed by atoms with van der Waals surface area (Å²) in [6.45, 7) is 6.47. The van der Waals surface area contributed by atoms with Crippen molar-refractivity contribution in [3.8, 4) is 11.3 Å². The van der Waals surface area contributed by atoms with Gasteiger partial charge in [0.05, 0.1) is 0 Å². The van der Waals surface area contributed by atoms with Crippen LogP contribution in [0.4, 0.5) is 0 Å². The van der Waals surface area contributed by atoms with Gasteiger partial charge in [0.1, 0.15) is 5.69 Å². The Kier molecular flexibility index (Phi) is 4.01. The van der Waals surface area contributed by atoms with E-state index in [4.69, 9.17) is 4.42 Å². The molecule has 0 N–H and O–H groups in total. The van der Waals surface area contributed by atoms with E-state index in [1.807, 2.05) is 35.2 Å². The Balaban J connectivity index is 1.79. The van der Waals surface area contributed by atoms with Gasteiger partial charge < -0.3 is 14.2 Å². The third kappa shape index (κ3) is 2.83. The molecule has 0 bridgehead atoms. The van der Waals surface area contributed by atoms with Gasteiger partial charge in [0.25, 0.3) is 5.91 Å². The van der Waals surface area contributed by atoms with Gasteiger partial charge in [-0.1, -0.05) is 37.3 Å². The molecule has 1 saturated heterocycles. The number of piperazine rings is 1. The lowest BCUT2D eigenvalue weighted by molar-refractivity contribution is 0.0613. The summed E-state index contributed by atoms with van der Waals surface area (Å²) in [5.74, 6) is 0.272. The quantitative estimate of drug-likeness (QED) is 0.866. The number of carbonyl (C=O) groups is 1. The lowest BCUT2D eigenvalue weighted by Gasteiger charge is -2.33. The maximum Gasteiger partial charge on any atom is 0.292 e. The molecule has 0 saturated carbocycles. The maximum atomic E-state index is 12.6. The molecular weight excluding hydrogens is 266 g/mol. The molecular formula is C16H19N3O2. The zero-order valence-corrected chi connectivity index (χ0v) is 12.2. The first-order chi connectivity index (χ1) is 10.3. The second-order valence-electron chi connectivity index (χ2n) is 5.12. The number of aromatic nitrogens is 1. The van der Waals surface area contributed by atoms with E-state index in [9.17, 15) is 4.79 Å². The van der Waals surface area contributed by atoms with Crippen LogP contribution in [-0.4, -0.2) is 53.4 Å². The van der Waals surface area contributed by atoms with Gasteiger partial charge in [-0.3, -0.25) is 4.79 Å². The molecule has 0 radical (unpaired) electrons. The van der Waals surface area contributed by atoms with Gasteiger partial charge in [-0.15, -0.1) is 0 Å². The van der Waals surface area contributed by atoms with E-state index in [0.717, 1.165) is 38.3 Å². The molecule has 110 valence electrons. The van der Waals surface area contributed by atoms with Crippen molar-refractivity contribution in [2.75, 3.05) is 32.7 Å². The van der Waals surface area contributed by atoms with Crippen LogP contribution in [0.2, 0.25) is 0 Å². The van der Waals surface area contributed by atoms with E-state index < -0.39 is 0 Å². The van der Waals surface area contributed by atoms with E-state index in [1.165, 1.54) is 6.39 Å². The van der Waals surface area contributed by atoms with Crippen LogP contribution in [0.5, 0.6) is 0 Å². The monoisotopic (exact) mass is 285 g/mol. The molecule has 0 atom stereocenters. The fourth-order valence-electron chi connectivity index (χ4n) is 2.61. The third-order valence-electron chi connectivity index (χ3n) is 3.92. The topological polar surface area (TPSA) is 49.6 Å². The number of carbonyl (C=O) groups excluding carboxylic acids is 1. The van der Waals surface area contributed by atoms with Gasteiger partial charge >= 0.3 is 0 Å². The molecule has 2 aromatic rings. The summed E-state index contributed by atoms with van der Waals surface area (Å²) in [6.07, 6.45) is 1.35. The first kappa shape index (κ1) is 13.8. The zero-order valence-electron chi connectivity index (χ0n) is 12.2. The Morgan fingerprint density at radius 2 is 1.90 bits per heavy atom. The minimum Gasteiger partial charge on any atom is -0.438 e. The van der Waals surface area contributed by atoms with Gasteiger partial charge in [0.2, 0.25) is 5.76 Å². The molecule has 1 amide bonds. The van der Waals surface area contributed by atoms with E-state index in [2.05, 4.69) is 16.8 Å². The lowest BCUT2D eigenvalue weighted by Crippen LogP contribution is -2.48. The summed E-state index contributed by atoms with van der Waals surface area (Å²) < 4.78 is 5.37. The Hall–Kier alpha value is -2.14. The minimum atomic E-state index is -0.0675. The molecule has 1 aromatic heterocycles. The number of likely N-dealkylation sites (N-methyl/N-ethyl adjacent to an activating group) is 1. The molecule has 21 heavy (non-hydrogen) atoms. The zero-order chi connectivity index (χ0) is 14.7. The fraction of sp³-hybridized carbons (Fsp3) is 0.375. The van der Waals surface area contributed by atoms with E-state index in [-0.39, 0.29) is 5.91 Å². The highest BCUT2D eigenvalue weighted by Gasteiger charge is 2.26. The third-order valence-corrected chi connectivity index (χ3v) is 3.92. The van der Waals surface area contributed by atoms with Crippen molar-refractivity contribution in [1.29, 1.82) is 0 Å². The Morgan fingerprint density at radius 3 is 2.57 bits per heavy atom. The summed E-state index contributed by atoms with van der Waals surface area (Å²) in [6, 6.07) is 9.67. The van der Waals surface area contributed by atoms with Crippen LogP contribution in [0.3, 0.4) is 0 Å². The highest BCUT2D eigenvalue weighted by Crippen LogP contribution is 2.23. The minimum absolute atomic E-state index is 0.0675. The van der Waals surface area contributed by atoms with Crippen LogP contribution in [-0.2, 0) is 0 Å². The van der Waals surface area contributed by atoms with Crippen molar-refractivity contribution < 1.29 is 9.21 Å². The Morgan fingerprint density at radius 1 is 1.19 bits per heavy atom. The number of rotatable bonds is 3. The van der Waals surface area contributed by atoms with Crippen molar-refractivity contribution in [3.05, 3.63) is 42.5 Å². The largest absolute Gasteiger partial charge is 0.438 e. The normalized spacial score (nSPS) is 16.1. The molecule has 1 fully saturated rings. The number of hydrogen-bond donors (Lipinski definition) is 0. The fourth-order valence-corrected chi connectivity index (χ4v) is 2.61. The van der Waals surface area contributed by atoms with E-state index >= 15 is 0 Å². The number of benzene rings is 1. The lowest BCUT2D eigenvalue weighted by atomic mass is 10.1. The number of amides is 1. The van der Waals surface area contributed by atoms with Crippen LogP contribution >= 0.6 is 0 Å². The molecule has 0 unspecified atom stereocenters. The van der Waals surface area contributed by atoms with Crippen molar-refractivity contribution >= 4 is 5.91 Å². The van der Waals surface area contributed by atoms with Gasteiger partial charge in [-0.25, -0.2) is 4.98 Å². The molecule has 0 aliphatic carbocycles. The Bertz CT molecular complexity index is 601. The van der Waals surface area contributed by atoms with Crippen molar-refractivity contribution in [2.45, 2.75) is 6.92 Å². The van der Waals surface area contributed by atoms with Gasteiger partial charge in [0.15, 0.2) is 6.39 Å². The van der Waals surface area contributed by atoms with Crippen LogP contribution < -0.4 is 0 Å². The predicted octanol–water partition coefficient (Wildman–Crippen LogP) is 2.12. The van der Waals surface area contributed by atoms with Crippen molar-refractivity contribution in [1.82, 2.24) is 14.8 Å². The highest BCUT2D eigenvalue weighted by atomic mass is 16.3. The maximum absolute atomic E-state index is 12.6. The summed E-state index contributed by atoms with van der Waals surface area (Å²) in [5.41, 5.74) is 1.53. The van der Waals surface area contributed by atoms with Gasteiger partial charge in [-0.05, 0) is 6.54 Å². The molecule has 0 spiro atoms. The standard InChI is InChI=1S/C16H19N3O2/c1-2-18-8-10-19(11-9-18)16(20)15-14(17-12-21-15)13-6-4-3-5-7-13/h3-7,12H,2,8-11H2,1H3. The van der Waals surface area contributed by atoms with Crippen LogP contribution in [0.25, 0.3) is 11.3 Å². The van der Waals surface area contributed by atoms with Gasteiger partial charge in [0, 0.05) is 31.7 Å². The SMILES string of the molecule is CCN1CCN(C(=O)c2ocnc2-c2ccccc2)CC1. The highest BCUT2D eigenvalue weighted by molar-refractivity contribution is 5.97. The molecule has 5 heteroatoms. The van der Waals surface area contributed by atoms with Crippen molar-refractivity contribution in [2.24, 2.45) is 0 Å². The number of hydrogen-bond acceptors (Lipinski definition) is 4. The average molecular weight is 285 g/mol. The second kappa shape index (κ2) is 6.10. The summed E-state index contributed by atoms with van der Waals surface area (Å²) in [5, 5.41) is 0. The second-order valence-corrected chi connectivity index (χ2v) is 5.12. The average Bonchev–Trinajstić information content (AvgIpc) is 3.04. The number of oxazole rings is 1. The first-order valence-electron chi connectivity index (χ1n) is 7.30. The summed E-state index contributed by atoms with van der Waals surface area (Å²) in [7, 11) is 0. The number of nitrogens with zero attached hydrogens (tertiary/aromatic N) is 3. The molecule has 1 aliphatic rings. The van der Waals surface area contributed by atoms with E-state index in [0.29, 0.717) is 11.5 Å². The molecule has 2 heterocycles. The Labute approximate surface area is 124 Å². The first-order valence-corrected chi connectivity index (χ1v) is 7.30. The summed E-state index contributed by atoms with van der Waals surface area (Å²) in [4.78, 5) is 21.0. The summed E-state index contributed by atoms with van der Waals surface area (Å²) >= 11 is 0. The smallest absolute Gasteiger partial charge is 0.292 e. The molecule has 1 aliphatic heterocycles. The van der Waals surface area contributed by atoms with Crippen LogP contribution in [0, 0.1) is 0 Å². The predicted molar refractivity (Wildman–Crippen MR) is 80.0 cm³/mol. The van der Waals surface area contributed by atoms with Gasteiger partial charge in [-0.2, -0.15) is 0 Å². The molecule has 1 aromatic carbocycles. The molecule has 3 rings (SSSR count). The van der Waals surface area contributed by atoms with Crippen LogP contribution in [0.1, 0.15) is 17.5 Å². The molecule has 5 nitrogen and oxygen atoms in total.